The highest BCUT2D eigenvalue weighted by molar-refractivity contribution is 6.88. The fourth-order valence-electron chi connectivity index (χ4n) is 6.18. The molecule has 1 saturated heterocycles. The molecular formula is C31H33NO2Si. The summed E-state index contributed by atoms with van der Waals surface area (Å²) in [5.74, 6) is 0.101. The number of nitrogens with zero attached hydrogens (tertiary/aromatic N) is 1. The van der Waals surface area contributed by atoms with E-state index in [1.807, 2.05) is 4.90 Å². The molecule has 3 aromatic carbocycles. The Balaban J connectivity index is 1.20. The van der Waals surface area contributed by atoms with Crippen molar-refractivity contribution in [3.8, 4) is 11.1 Å². The molecule has 0 N–H and O–H groups in total. The third kappa shape index (κ3) is 3.94. The average Bonchev–Trinajstić information content (AvgIpc) is 3.32. The van der Waals surface area contributed by atoms with Crippen molar-refractivity contribution >= 4 is 24.9 Å². The molecule has 1 amide bonds. The van der Waals surface area contributed by atoms with E-state index in [0.29, 0.717) is 6.61 Å². The average molecular weight is 480 g/mol. The summed E-state index contributed by atoms with van der Waals surface area (Å²) in [5.41, 5.74) is 7.75. The van der Waals surface area contributed by atoms with Gasteiger partial charge in [-0.05, 0) is 52.7 Å². The molecule has 3 aromatic rings. The molecule has 2 heterocycles. The number of ether oxygens (including phenoxy) is 1. The zero-order valence-corrected chi connectivity index (χ0v) is 21.8. The van der Waals surface area contributed by atoms with E-state index in [4.69, 9.17) is 4.74 Å². The Kier molecular flexibility index (Phi) is 5.45. The number of carbonyl (C=O) groups excluding carboxylic acids is 1. The van der Waals surface area contributed by atoms with Crippen LogP contribution in [0.25, 0.3) is 16.7 Å². The summed E-state index contributed by atoms with van der Waals surface area (Å²) in [5, 5.41) is 1.49. The van der Waals surface area contributed by atoms with Crippen molar-refractivity contribution in [2.45, 2.75) is 56.9 Å². The van der Waals surface area contributed by atoms with Gasteiger partial charge in [-0.15, -0.1) is 0 Å². The van der Waals surface area contributed by atoms with Gasteiger partial charge in [0.05, 0.1) is 14.1 Å². The van der Waals surface area contributed by atoms with Gasteiger partial charge in [-0.2, -0.15) is 0 Å². The summed E-state index contributed by atoms with van der Waals surface area (Å²) >= 11 is 0. The van der Waals surface area contributed by atoms with E-state index in [1.54, 1.807) is 0 Å². The molecule has 1 aliphatic carbocycles. The number of rotatable bonds is 4. The van der Waals surface area contributed by atoms with Gasteiger partial charge in [-0.25, -0.2) is 4.79 Å². The van der Waals surface area contributed by atoms with E-state index in [9.17, 15) is 4.79 Å². The normalized spacial score (nSPS) is 20.9. The highest BCUT2D eigenvalue weighted by atomic mass is 28.3. The monoisotopic (exact) mass is 479 g/mol. The van der Waals surface area contributed by atoms with Crippen LogP contribution in [-0.4, -0.2) is 37.8 Å². The first-order valence-corrected chi connectivity index (χ1v) is 16.3. The SMILES string of the molecule is C[Si](C)(C)c1cccc(C2=CC3CCC(C2)N3C(=O)OCC2c3ccccc3-c3ccccc32)c1. The lowest BCUT2D eigenvalue weighted by Crippen LogP contribution is -2.43. The van der Waals surface area contributed by atoms with E-state index >= 15 is 0 Å². The summed E-state index contributed by atoms with van der Waals surface area (Å²) in [7, 11) is -1.36. The lowest BCUT2D eigenvalue weighted by Gasteiger charge is -2.34. The van der Waals surface area contributed by atoms with Crippen molar-refractivity contribution in [2.24, 2.45) is 0 Å². The second kappa shape index (κ2) is 8.53. The Morgan fingerprint density at radius 2 is 1.60 bits per heavy atom. The maximum atomic E-state index is 13.3. The third-order valence-corrected chi connectivity index (χ3v) is 10.1. The Morgan fingerprint density at radius 3 is 2.26 bits per heavy atom. The molecule has 2 atom stereocenters. The molecule has 3 aliphatic rings. The highest BCUT2D eigenvalue weighted by Crippen LogP contribution is 2.45. The number of hydrogen-bond acceptors (Lipinski definition) is 2. The number of hydrogen-bond donors (Lipinski definition) is 0. The number of benzene rings is 3. The van der Waals surface area contributed by atoms with Gasteiger partial charge in [-0.3, -0.25) is 4.90 Å². The van der Waals surface area contributed by atoms with Crippen molar-refractivity contribution in [2.75, 3.05) is 6.61 Å². The van der Waals surface area contributed by atoms with Crippen molar-refractivity contribution in [1.82, 2.24) is 4.90 Å². The summed E-state index contributed by atoms with van der Waals surface area (Å²) in [6.07, 6.45) is 5.14. The van der Waals surface area contributed by atoms with Gasteiger partial charge in [0.2, 0.25) is 0 Å². The molecule has 0 saturated carbocycles. The van der Waals surface area contributed by atoms with E-state index in [1.165, 1.54) is 38.6 Å². The van der Waals surface area contributed by atoms with Crippen molar-refractivity contribution in [3.63, 3.8) is 0 Å². The first kappa shape index (κ1) is 22.4. The summed E-state index contributed by atoms with van der Waals surface area (Å²) in [4.78, 5) is 15.4. The van der Waals surface area contributed by atoms with Crippen LogP contribution < -0.4 is 5.19 Å². The minimum absolute atomic E-state index is 0.101. The van der Waals surface area contributed by atoms with Gasteiger partial charge in [-0.1, -0.05) is 104 Å². The minimum Gasteiger partial charge on any atom is -0.448 e. The van der Waals surface area contributed by atoms with Crippen LogP contribution in [0.15, 0.2) is 78.9 Å². The second-order valence-electron chi connectivity index (χ2n) is 11.2. The third-order valence-electron chi connectivity index (χ3n) is 8.04. The zero-order chi connectivity index (χ0) is 24.2. The number of amides is 1. The Morgan fingerprint density at radius 1 is 0.914 bits per heavy atom. The lowest BCUT2D eigenvalue weighted by molar-refractivity contribution is 0.0866. The molecule has 0 aromatic heterocycles. The van der Waals surface area contributed by atoms with E-state index < -0.39 is 8.07 Å². The van der Waals surface area contributed by atoms with Crippen molar-refractivity contribution in [1.29, 1.82) is 0 Å². The van der Waals surface area contributed by atoms with Crippen molar-refractivity contribution in [3.05, 3.63) is 95.6 Å². The van der Waals surface area contributed by atoms with Crippen LogP contribution in [-0.2, 0) is 4.74 Å². The summed E-state index contributed by atoms with van der Waals surface area (Å²) in [6, 6.07) is 26.5. The van der Waals surface area contributed by atoms with Gasteiger partial charge < -0.3 is 4.74 Å². The highest BCUT2D eigenvalue weighted by Gasteiger charge is 2.41. The summed E-state index contributed by atoms with van der Waals surface area (Å²) < 4.78 is 6.03. The van der Waals surface area contributed by atoms with Crippen LogP contribution in [0.5, 0.6) is 0 Å². The maximum Gasteiger partial charge on any atom is 0.410 e. The number of carbonyl (C=O) groups is 1. The fraction of sp³-hybridized carbons (Fsp3) is 0.323. The summed E-state index contributed by atoms with van der Waals surface area (Å²) in [6.45, 7) is 7.56. The molecular weight excluding hydrogens is 446 g/mol. The first-order valence-electron chi connectivity index (χ1n) is 12.8. The minimum atomic E-state index is -1.36. The predicted octanol–water partition coefficient (Wildman–Crippen LogP) is 6.80. The smallest absolute Gasteiger partial charge is 0.410 e. The zero-order valence-electron chi connectivity index (χ0n) is 20.8. The number of fused-ring (bicyclic) bond motifs is 5. The molecule has 2 unspecified atom stereocenters. The van der Waals surface area contributed by atoms with Gasteiger partial charge in [0.25, 0.3) is 0 Å². The lowest BCUT2D eigenvalue weighted by atomic mass is 9.95. The molecule has 4 heteroatoms. The predicted molar refractivity (Wildman–Crippen MR) is 146 cm³/mol. The molecule has 2 aliphatic heterocycles. The Hall–Kier alpha value is -3.11. The van der Waals surface area contributed by atoms with Crippen LogP contribution >= 0.6 is 0 Å². The van der Waals surface area contributed by atoms with E-state index in [0.717, 1.165) is 19.3 Å². The standard InChI is InChI=1S/C31H33NO2Si/c1-35(2,3)25-10-8-9-21(19-25)22-17-23-15-16-24(18-22)32(23)31(33)34-20-30-28-13-6-4-11-26(28)27-12-5-7-14-29(27)30/h4-14,17,19,23-24,30H,15-16,18,20H2,1-3H3. The molecule has 0 spiro atoms. The van der Waals surface area contributed by atoms with Crippen LogP contribution in [0, 0.1) is 0 Å². The molecule has 178 valence electrons. The van der Waals surface area contributed by atoms with Crippen LogP contribution in [0.3, 0.4) is 0 Å². The molecule has 6 rings (SSSR count). The van der Waals surface area contributed by atoms with Crippen molar-refractivity contribution < 1.29 is 9.53 Å². The van der Waals surface area contributed by atoms with Gasteiger partial charge >= 0.3 is 6.09 Å². The van der Waals surface area contributed by atoms with Crippen LogP contribution in [0.1, 0.15) is 41.9 Å². The van der Waals surface area contributed by atoms with E-state index in [2.05, 4.69) is 98.5 Å². The largest absolute Gasteiger partial charge is 0.448 e. The fourth-order valence-corrected chi connectivity index (χ4v) is 7.37. The second-order valence-corrected chi connectivity index (χ2v) is 16.3. The van der Waals surface area contributed by atoms with Gasteiger partial charge in [0.1, 0.15) is 6.61 Å². The Bertz CT molecular complexity index is 1280. The molecule has 1 fully saturated rings. The molecule has 35 heavy (non-hydrogen) atoms. The van der Waals surface area contributed by atoms with E-state index in [-0.39, 0.29) is 24.1 Å². The quantitative estimate of drug-likeness (QED) is 0.385. The Labute approximate surface area is 209 Å². The molecule has 2 bridgehead atoms. The first-order chi connectivity index (χ1) is 16.9. The molecule has 3 nitrogen and oxygen atoms in total. The van der Waals surface area contributed by atoms with Gasteiger partial charge in [0, 0.05) is 12.0 Å². The van der Waals surface area contributed by atoms with Crippen LogP contribution in [0.2, 0.25) is 19.6 Å². The molecule has 0 radical (unpaired) electrons. The van der Waals surface area contributed by atoms with Gasteiger partial charge in [0.15, 0.2) is 0 Å². The maximum absolute atomic E-state index is 13.3. The topological polar surface area (TPSA) is 29.5 Å². The van der Waals surface area contributed by atoms with Crippen LogP contribution in [0.4, 0.5) is 4.79 Å².